The van der Waals surface area contributed by atoms with Gasteiger partial charge < -0.3 is 16.0 Å². The Morgan fingerprint density at radius 2 is 1.76 bits per heavy atom. The smallest absolute Gasteiger partial charge is 0.247 e. The van der Waals surface area contributed by atoms with Crippen LogP contribution in [0, 0.1) is 0 Å². The molecule has 0 aliphatic heterocycles. The number of allylic oxidation sites excluding steroid dienone is 4. The first kappa shape index (κ1) is 30.3. The van der Waals surface area contributed by atoms with Gasteiger partial charge in [-0.15, -0.1) is 0 Å². The lowest BCUT2D eigenvalue weighted by atomic mass is 10.00. The lowest BCUT2D eigenvalue weighted by Crippen LogP contribution is -2.44. The Hall–Kier alpha value is -3.93. The van der Waals surface area contributed by atoms with Crippen molar-refractivity contribution in [2.75, 3.05) is 20.1 Å². The Morgan fingerprint density at radius 3 is 2.42 bits per heavy atom. The minimum Gasteiger partial charge on any atom is -0.350 e. The van der Waals surface area contributed by atoms with E-state index >= 15 is 0 Å². The summed E-state index contributed by atoms with van der Waals surface area (Å²) in [6, 6.07) is 14.4. The molecule has 2 aromatic rings. The maximum Gasteiger partial charge on any atom is 0.247 e. The van der Waals surface area contributed by atoms with E-state index in [0.717, 1.165) is 33.9 Å². The van der Waals surface area contributed by atoms with E-state index in [4.69, 9.17) is 0 Å². The molecule has 3 amide bonds. The monoisotopic (exact) mass is 516 g/mol. The SMILES string of the molecule is CCC1=C=C(N(CC(=O)NC(C)c2cccc3ccccc23)C(=O)CNC=O)C(C)=CC=C1.CNC(C)C. The van der Waals surface area contributed by atoms with E-state index < -0.39 is 0 Å². The second kappa shape index (κ2) is 15.4. The first-order chi connectivity index (χ1) is 18.2. The molecule has 1 atom stereocenters. The third-order valence-corrected chi connectivity index (χ3v) is 6.13. The van der Waals surface area contributed by atoms with Crippen LogP contribution in [-0.2, 0) is 14.4 Å². The van der Waals surface area contributed by atoms with Gasteiger partial charge >= 0.3 is 0 Å². The Balaban J connectivity index is 0.000000926. The van der Waals surface area contributed by atoms with Crippen molar-refractivity contribution in [2.24, 2.45) is 0 Å². The average Bonchev–Trinajstić information content (AvgIpc) is 3.11. The molecule has 0 radical (unpaired) electrons. The lowest BCUT2D eigenvalue weighted by Gasteiger charge is -2.25. The molecule has 1 aliphatic carbocycles. The summed E-state index contributed by atoms with van der Waals surface area (Å²) in [7, 11) is 1.95. The Labute approximate surface area is 226 Å². The fraction of sp³-hybridized carbons (Fsp3) is 0.355. The third-order valence-electron chi connectivity index (χ3n) is 6.13. The molecule has 0 bridgehead atoms. The van der Waals surface area contributed by atoms with E-state index in [1.807, 2.05) is 88.5 Å². The molecule has 0 saturated carbocycles. The van der Waals surface area contributed by atoms with Gasteiger partial charge in [-0.25, -0.2) is 0 Å². The predicted octanol–water partition coefficient (Wildman–Crippen LogP) is 4.54. The van der Waals surface area contributed by atoms with Gasteiger partial charge in [-0.3, -0.25) is 19.3 Å². The zero-order valence-corrected chi connectivity index (χ0v) is 23.3. The van der Waals surface area contributed by atoms with Crippen molar-refractivity contribution in [2.45, 2.75) is 53.1 Å². The highest BCUT2D eigenvalue weighted by atomic mass is 16.2. The number of benzene rings is 2. The van der Waals surface area contributed by atoms with Crippen LogP contribution in [0.4, 0.5) is 0 Å². The van der Waals surface area contributed by atoms with Crippen LogP contribution < -0.4 is 16.0 Å². The van der Waals surface area contributed by atoms with Crippen molar-refractivity contribution in [3.63, 3.8) is 0 Å². The van der Waals surface area contributed by atoms with Crippen molar-refractivity contribution in [3.8, 4) is 0 Å². The Kier molecular flexibility index (Phi) is 12.2. The summed E-state index contributed by atoms with van der Waals surface area (Å²) in [4.78, 5) is 38.1. The molecular weight excluding hydrogens is 476 g/mol. The summed E-state index contributed by atoms with van der Waals surface area (Å²) >= 11 is 0. The molecule has 0 aromatic heterocycles. The maximum atomic E-state index is 13.1. The highest BCUT2D eigenvalue weighted by molar-refractivity contribution is 5.90. The first-order valence-corrected chi connectivity index (χ1v) is 13.0. The van der Waals surface area contributed by atoms with Gasteiger partial charge in [0, 0.05) is 6.04 Å². The summed E-state index contributed by atoms with van der Waals surface area (Å²) in [6.07, 6.45) is 6.93. The van der Waals surface area contributed by atoms with Crippen LogP contribution in [0.25, 0.3) is 10.8 Å². The maximum absolute atomic E-state index is 13.1. The number of nitrogens with zero attached hydrogens (tertiary/aromatic N) is 1. The minimum atomic E-state index is -0.386. The fourth-order valence-electron chi connectivity index (χ4n) is 3.82. The fourth-order valence-corrected chi connectivity index (χ4v) is 3.82. The highest BCUT2D eigenvalue weighted by Crippen LogP contribution is 2.24. The number of fused-ring (bicyclic) bond motifs is 1. The van der Waals surface area contributed by atoms with Gasteiger partial charge in [0.2, 0.25) is 18.2 Å². The molecule has 0 spiro atoms. The van der Waals surface area contributed by atoms with Crippen molar-refractivity contribution in [1.82, 2.24) is 20.9 Å². The van der Waals surface area contributed by atoms with Crippen LogP contribution in [-0.4, -0.2) is 49.3 Å². The molecule has 7 heteroatoms. The van der Waals surface area contributed by atoms with E-state index in [0.29, 0.717) is 18.1 Å². The van der Waals surface area contributed by atoms with E-state index in [2.05, 4.69) is 35.5 Å². The van der Waals surface area contributed by atoms with Crippen molar-refractivity contribution in [1.29, 1.82) is 0 Å². The van der Waals surface area contributed by atoms with Gasteiger partial charge in [0.15, 0.2) is 0 Å². The molecule has 3 rings (SSSR count). The van der Waals surface area contributed by atoms with Crippen LogP contribution in [0.15, 0.2) is 83.3 Å². The van der Waals surface area contributed by atoms with E-state index in [-0.39, 0.29) is 30.9 Å². The van der Waals surface area contributed by atoms with E-state index in [1.165, 1.54) is 4.90 Å². The zero-order valence-electron chi connectivity index (χ0n) is 23.3. The molecule has 0 saturated heterocycles. The number of carbonyl (C=O) groups excluding carboxylic acids is 3. The van der Waals surface area contributed by atoms with Crippen LogP contribution in [0.3, 0.4) is 0 Å². The van der Waals surface area contributed by atoms with Gasteiger partial charge in [-0.2, -0.15) is 0 Å². The van der Waals surface area contributed by atoms with Crippen molar-refractivity contribution in [3.05, 3.63) is 88.8 Å². The summed E-state index contributed by atoms with van der Waals surface area (Å²) in [5.41, 5.74) is 6.54. The number of rotatable bonds is 10. The highest BCUT2D eigenvalue weighted by Gasteiger charge is 2.24. The second-order valence-electron chi connectivity index (χ2n) is 9.34. The average molecular weight is 517 g/mol. The van der Waals surface area contributed by atoms with Gasteiger partial charge in [-0.1, -0.05) is 87.2 Å². The first-order valence-electron chi connectivity index (χ1n) is 13.0. The van der Waals surface area contributed by atoms with E-state index in [1.54, 1.807) is 0 Å². The topological polar surface area (TPSA) is 90.5 Å². The van der Waals surface area contributed by atoms with Crippen LogP contribution in [0.5, 0.6) is 0 Å². The summed E-state index contributed by atoms with van der Waals surface area (Å²) < 4.78 is 0. The normalized spacial score (nSPS) is 13.3. The van der Waals surface area contributed by atoms with Crippen molar-refractivity contribution >= 4 is 29.0 Å². The summed E-state index contributed by atoms with van der Waals surface area (Å²) in [5.74, 6) is -0.685. The Morgan fingerprint density at radius 1 is 1.08 bits per heavy atom. The second-order valence-corrected chi connectivity index (χ2v) is 9.34. The molecule has 0 heterocycles. The Bertz CT molecular complexity index is 1250. The largest absolute Gasteiger partial charge is 0.350 e. The molecule has 38 heavy (non-hydrogen) atoms. The molecule has 202 valence electrons. The molecule has 1 aliphatic rings. The molecule has 7 nitrogen and oxygen atoms in total. The predicted molar refractivity (Wildman–Crippen MR) is 154 cm³/mol. The number of hydrogen-bond acceptors (Lipinski definition) is 4. The molecule has 0 fully saturated rings. The lowest BCUT2D eigenvalue weighted by molar-refractivity contribution is -0.134. The number of amides is 3. The quantitative estimate of drug-likeness (QED) is 0.319. The van der Waals surface area contributed by atoms with E-state index in [9.17, 15) is 14.4 Å². The van der Waals surface area contributed by atoms with Crippen LogP contribution in [0.1, 0.15) is 52.6 Å². The number of carbonyl (C=O) groups is 3. The molecular formula is C31H40N4O3. The minimum absolute atomic E-state index is 0.182. The standard InChI is InChI=1S/C27H29N3O3.C4H11N/c1-4-21-10-7-9-19(2)25(15-21)30(27(33)16-28-18-31)17-26(32)29-20(3)23-14-8-12-22-11-5-6-13-24(22)23;1-4(2)5-3/h5-14,18,20H,4,16-17H2,1-3H3,(H,28,31)(H,29,32);4-5H,1-3H3. The van der Waals surface area contributed by atoms with Crippen LogP contribution in [0.2, 0.25) is 0 Å². The van der Waals surface area contributed by atoms with Gasteiger partial charge in [0.1, 0.15) is 6.54 Å². The number of hydrogen-bond donors (Lipinski definition) is 3. The summed E-state index contributed by atoms with van der Waals surface area (Å²) in [6.45, 7) is 9.63. The molecule has 2 aromatic carbocycles. The molecule has 1 unspecified atom stereocenters. The summed E-state index contributed by atoms with van der Waals surface area (Å²) in [5, 5.41) is 10.6. The van der Waals surface area contributed by atoms with Gasteiger partial charge in [0.25, 0.3) is 0 Å². The van der Waals surface area contributed by atoms with Gasteiger partial charge in [-0.05, 0) is 54.8 Å². The zero-order chi connectivity index (χ0) is 28.1. The van der Waals surface area contributed by atoms with Gasteiger partial charge in [0.05, 0.1) is 18.3 Å². The van der Waals surface area contributed by atoms with Crippen LogP contribution >= 0.6 is 0 Å². The third kappa shape index (κ3) is 8.87. The molecule has 3 N–H and O–H groups in total. The van der Waals surface area contributed by atoms with Crippen molar-refractivity contribution < 1.29 is 14.4 Å². The number of nitrogens with one attached hydrogen (secondary N) is 3.